The van der Waals surface area contributed by atoms with Gasteiger partial charge in [0.05, 0.1) is 0 Å². The molecule has 0 aromatic heterocycles. The SMILES string of the molecule is CCC(=O)COc1cccc(OCC(=O)C(C)(C)C)c1. The quantitative estimate of drug-likeness (QED) is 0.769. The fourth-order valence-electron chi connectivity index (χ4n) is 1.29. The number of Topliss-reactive ketones (excluding diaryl/α,β-unsaturated/α-hetero) is 2. The van der Waals surface area contributed by atoms with E-state index in [0.29, 0.717) is 17.9 Å². The van der Waals surface area contributed by atoms with Crippen molar-refractivity contribution in [2.75, 3.05) is 13.2 Å². The molecule has 0 unspecified atom stereocenters. The van der Waals surface area contributed by atoms with Gasteiger partial charge in [-0.25, -0.2) is 0 Å². The Morgan fingerprint density at radius 2 is 1.60 bits per heavy atom. The first kappa shape index (κ1) is 16.2. The number of ether oxygens (including phenoxy) is 2. The van der Waals surface area contributed by atoms with E-state index in [1.165, 1.54) is 0 Å². The van der Waals surface area contributed by atoms with Gasteiger partial charge in [-0.3, -0.25) is 9.59 Å². The van der Waals surface area contributed by atoms with E-state index in [0.717, 1.165) is 0 Å². The second-order valence-corrected chi connectivity index (χ2v) is 5.62. The van der Waals surface area contributed by atoms with Gasteiger partial charge in [0.1, 0.15) is 24.7 Å². The van der Waals surface area contributed by atoms with Crippen LogP contribution >= 0.6 is 0 Å². The number of hydrogen-bond donors (Lipinski definition) is 0. The highest BCUT2D eigenvalue weighted by Gasteiger charge is 2.21. The third kappa shape index (κ3) is 5.43. The predicted octanol–water partition coefficient (Wildman–Crippen LogP) is 3.04. The second kappa shape index (κ2) is 7.08. The monoisotopic (exact) mass is 278 g/mol. The molecular weight excluding hydrogens is 256 g/mol. The average Bonchev–Trinajstić information content (AvgIpc) is 2.41. The zero-order valence-corrected chi connectivity index (χ0v) is 12.6. The molecule has 0 N–H and O–H groups in total. The molecule has 0 aliphatic rings. The van der Waals surface area contributed by atoms with Crippen molar-refractivity contribution in [1.29, 1.82) is 0 Å². The van der Waals surface area contributed by atoms with Crippen LogP contribution in [0.25, 0.3) is 0 Å². The molecule has 0 radical (unpaired) electrons. The molecular formula is C16H22O4. The molecule has 0 aliphatic carbocycles. The maximum atomic E-state index is 11.8. The largest absolute Gasteiger partial charge is 0.486 e. The number of carbonyl (C=O) groups is 2. The Balaban J connectivity index is 2.56. The molecule has 0 heterocycles. The van der Waals surface area contributed by atoms with Gasteiger partial charge in [-0.05, 0) is 12.1 Å². The van der Waals surface area contributed by atoms with Crippen molar-refractivity contribution in [2.24, 2.45) is 5.41 Å². The van der Waals surface area contributed by atoms with Crippen molar-refractivity contribution in [3.05, 3.63) is 24.3 Å². The van der Waals surface area contributed by atoms with Crippen molar-refractivity contribution < 1.29 is 19.1 Å². The van der Waals surface area contributed by atoms with Crippen LogP contribution in [0.5, 0.6) is 11.5 Å². The average molecular weight is 278 g/mol. The van der Waals surface area contributed by atoms with Crippen LogP contribution in [-0.2, 0) is 9.59 Å². The Morgan fingerprint density at radius 3 is 2.10 bits per heavy atom. The number of carbonyl (C=O) groups excluding carboxylic acids is 2. The van der Waals surface area contributed by atoms with Crippen LogP contribution in [-0.4, -0.2) is 24.8 Å². The molecule has 0 aliphatic heterocycles. The van der Waals surface area contributed by atoms with E-state index in [4.69, 9.17) is 9.47 Å². The third-order valence-electron chi connectivity index (χ3n) is 2.81. The molecule has 0 saturated heterocycles. The summed E-state index contributed by atoms with van der Waals surface area (Å²) in [6.07, 6.45) is 0.455. The minimum absolute atomic E-state index is 0.0286. The van der Waals surface area contributed by atoms with E-state index < -0.39 is 5.41 Å². The van der Waals surface area contributed by atoms with E-state index >= 15 is 0 Å². The van der Waals surface area contributed by atoms with Crippen LogP contribution in [0.15, 0.2) is 24.3 Å². The van der Waals surface area contributed by atoms with E-state index in [9.17, 15) is 9.59 Å². The van der Waals surface area contributed by atoms with Crippen molar-refractivity contribution in [3.63, 3.8) is 0 Å². The molecule has 20 heavy (non-hydrogen) atoms. The van der Waals surface area contributed by atoms with Crippen molar-refractivity contribution in [2.45, 2.75) is 34.1 Å². The Bertz CT molecular complexity index is 472. The lowest BCUT2D eigenvalue weighted by atomic mass is 9.91. The maximum absolute atomic E-state index is 11.8. The molecule has 1 aromatic carbocycles. The highest BCUT2D eigenvalue weighted by atomic mass is 16.5. The van der Waals surface area contributed by atoms with E-state index in [-0.39, 0.29) is 24.8 Å². The maximum Gasteiger partial charge on any atom is 0.175 e. The Hall–Kier alpha value is -1.84. The fourth-order valence-corrected chi connectivity index (χ4v) is 1.29. The summed E-state index contributed by atoms with van der Waals surface area (Å²) < 4.78 is 10.8. The Kier molecular flexibility index (Phi) is 5.74. The van der Waals surface area contributed by atoms with E-state index in [1.54, 1.807) is 31.2 Å². The minimum Gasteiger partial charge on any atom is -0.486 e. The summed E-state index contributed by atoms with van der Waals surface area (Å²) in [6.45, 7) is 7.45. The molecule has 1 aromatic rings. The molecule has 0 spiro atoms. The van der Waals surface area contributed by atoms with Crippen LogP contribution in [0.3, 0.4) is 0 Å². The zero-order valence-electron chi connectivity index (χ0n) is 12.6. The first-order valence-electron chi connectivity index (χ1n) is 6.73. The highest BCUT2D eigenvalue weighted by Crippen LogP contribution is 2.21. The smallest absolute Gasteiger partial charge is 0.175 e. The standard InChI is InChI=1S/C16H22O4/c1-5-12(17)10-19-13-7-6-8-14(9-13)20-11-15(18)16(2,3)4/h6-9H,5,10-11H2,1-4H3. The second-order valence-electron chi connectivity index (χ2n) is 5.62. The molecule has 0 amide bonds. The third-order valence-corrected chi connectivity index (χ3v) is 2.81. The molecule has 0 atom stereocenters. The summed E-state index contributed by atoms with van der Waals surface area (Å²) in [5, 5.41) is 0. The van der Waals surface area contributed by atoms with Crippen LogP contribution < -0.4 is 9.47 Å². The lowest BCUT2D eigenvalue weighted by molar-refractivity contribution is -0.128. The lowest BCUT2D eigenvalue weighted by Crippen LogP contribution is -2.26. The minimum atomic E-state index is -0.415. The number of hydrogen-bond acceptors (Lipinski definition) is 4. The summed E-state index contributed by atoms with van der Waals surface area (Å²) in [4.78, 5) is 23.0. The Labute approximate surface area is 120 Å². The number of benzene rings is 1. The molecule has 0 bridgehead atoms. The van der Waals surface area contributed by atoms with Crippen molar-refractivity contribution in [3.8, 4) is 11.5 Å². The van der Waals surface area contributed by atoms with Crippen LogP contribution in [0.2, 0.25) is 0 Å². The van der Waals surface area contributed by atoms with E-state index in [2.05, 4.69) is 0 Å². The number of ketones is 2. The fraction of sp³-hybridized carbons (Fsp3) is 0.500. The van der Waals surface area contributed by atoms with Gasteiger partial charge in [0.2, 0.25) is 0 Å². The molecule has 4 heteroatoms. The van der Waals surface area contributed by atoms with Crippen molar-refractivity contribution >= 4 is 11.6 Å². The van der Waals surface area contributed by atoms with Crippen molar-refractivity contribution in [1.82, 2.24) is 0 Å². The topological polar surface area (TPSA) is 52.6 Å². The summed E-state index contributed by atoms with van der Waals surface area (Å²) in [7, 11) is 0. The van der Waals surface area contributed by atoms with Gasteiger partial charge in [-0.2, -0.15) is 0 Å². The summed E-state index contributed by atoms with van der Waals surface area (Å²) >= 11 is 0. The molecule has 1 rings (SSSR count). The highest BCUT2D eigenvalue weighted by molar-refractivity contribution is 5.85. The molecule has 110 valence electrons. The van der Waals surface area contributed by atoms with E-state index in [1.807, 2.05) is 20.8 Å². The number of rotatable bonds is 7. The zero-order chi connectivity index (χ0) is 15.2. The van der Waals surface area contributed by atoms with Gasteiger partial charge in [-0.15, -0.1) is 0 Å². The Morgan fingerprint density at radius 1 is 1.05 bits per heavy atom. The van der Waals surface area contributed by atoms with Crippen LogP contribution in [0.4, 0.5) is 0 Å². The van der Waals surface area contributed by atoms with Gasteiger partial charge in [0.15, 0.2) is 11.6 Å². The normalized spacial score (nSPS) is 11.0. The van der Waals surface area contributed by atoms with Gasteiger partial charge in [-0.1, -0.05) is 33.8 Å². The van der Waals surface area contributed by atoms with Gasteiger partial charge in [0, 0.05) is 17.9 Å². The summed E-state index contributed by atoms with van der Waals surface area (Å²) in [6, 6.07) is 6.95. The van der Waals surface area contributed by atoms with Gasteiger partial charge >= 0.3 is 0 Å². The lowest BCUT2D eigenvalue weighted by Gasteiger charge is -2.17. The predicted molar refractivity (Wildman–Crippen MR) is 77.2 cm³/mol. The summed E-state index contributed by atoms with van der Waals surface area (Å²) in [5.74, 6) is 1.20. The van der Waals surface area contributed by atoms with Gasteiger partial charge in [0.25, 0.3) is 0 Å². The van der Waals surface area contributed by atoms with Crippen LogP contribution in [0, 0.1) is 5.41 Å². The summed E-state index contributed by atoms with van der Waals surface area (Å²) in [5.41, 5.74) is -0.415. The first-order valence-corrected chi connectivity index (χ1v) is 6.73. The molecule has 0 fully saturated rings. The molecule has 4 nitrogen and oxygen atoms in total. The van der Waals surface area contributed by atoms with Crippen LogP contribution in [0.1, 0.15) is 34.1 Å². The van der Waals surface area contributed by atoms with Gasteiger partial charge < -0.3 is 9.47 Å². The first-order chi connectivity index (χ1) is 9.32. The molecule has 0 saturated carbocycles.